The standard InChI is InChI=1S/C11H6N4/c12-4-7-1-2-9-8(3-7)11-10(5-13-9)14-6-15-11/h1-2,5-6H,3H2. The van der Waals surface area contributed by atoms with Crippen LogP contribution >= 0.6 is 0 Å². The average molecular weight is 194 g/mol. The Kier molecular flexibility index (Phi) is 1.53. The maximum atomic E-state index is 8.84. The summed E-state index contributed by atoms with van der Waals surface area (Å²) in [5.74, 6) is 0. The molecule has 0 aromatic carbocycles. The van der Waals surface area contributed by atoms with Gasteiger partial charge >= 0.3 is 0 Å². The molecule has 2 aliphatic rings. The van der Waals surface area contributed by atoms with Crippen LogP contribution in [0.4, 0.5) is 5.69 Å². The highest BCUT2D eigenvalue weighted by molar-refractivity contribution is 5.70. The van der Waals surface area contributed by atoms with Crippen LogP contribution in [0.3, 0.4) is 0 Å². The van der Waals surface area contributed by atoms with E-state index in [1.54, 1.807) is 12.3 Å². The lowest BCUT2D eigenvalue weighted by atomic mass is 10.0. The molecular weight excluding hydrogens is 188 g/mol. The molecule has 4 nitrogen and oxygen atoms in total. The first-order valence-electron chi connectivity index (χ1n) is 4.58. The van der Waals surface area contributed by atoms with Gasteiger partial charge in [-0.05, 0) is 12.2 Å². The maximum absolute atomic E-state index is 8.84. The summed E-state index contributed by atoms with van der Waals surface area (Å²) in [7, 11) is 0. The third kappa shape index (κ3) is 1.10. The number of hydrogen-bond donors (Lipinski definition) is 0. The molecule has 3 rings (SSSR count). The van der Waals surface area contributed by atoms with E-state index in [1.165, 1.54) is 6.34 Å². The lowest BCUT2D eigenvalue weighted by molar-refractivity contribution is 1.07. The fraction of sp³-hybridized carbons (Fsp3) is 0.0909. The van der Waals surface area contributed by atoms with Gasteiger partial charge in [0.2, 0.25) is 0 Å². The van der Waals surface area contributed by atoms with Gasteiger partial charge in [0.05, 0.1) is 23.3 Å². The molecule has 0 saturated heterocycles. The second-order valence-corrected chi connectivity index (χ2v) is 3.38. The van der Waals surface area contributed by atoms with Crippen molar-refractivity contribution in [2.24, 2.45) is 9.98 Å². The molecule has 0 spiro atoms. The van der Waals surface area contributed by atoms with E-state index in [2.05, 4.69) is 21.0 Å². The molecule has 0 unspecified atom stereocenters. The Morgan fingerprint density at radius 3 is 3.13 bits per heavy atom. The summed E-state index contributed by atoms with van der Waals surface area (Å²) in [5.41, 5.74) is 2.60. The van der Waals surface area contributed by atoms with Crippen LogP contribution in [0.25, 0.3) is 6.08 Å². The zero-order valence-electron chi connectivity index (χ0n) is 7.81. The predicted octanol–water partition coefficient (Wildman–Crippen LogP) is 0.161. The van der Waals surface area contributed by atoms with Crippen molar-refractivity contribution in [3.63, 3.8) is 0 Å². The van der Waals surface area contributed by atoms with Crippen molar-refractivity contribution in [3.8, 4) is 6.07 Å². The van der Waals surface area contributed by atoms with Gasteiger partial charge in [0.25, 0.3) is 0 Å². The van der Waals surface area contributed by atoms with Crippen molar-refractivity contribution in [1.82, 2.24) is 4.98 Å². The Morgan fingerprint density at radius 2 is 2.27 bits per heavy atom. The molecule has 0 amide bonds. The van der Waals surface area contributed by atoms with Crippen LogP contribution < -0.4 is 10.7 Å². The van der Waals surface area contributed by atoms with Gasteiger partial charge in [-0.3, -0.25) is 4.98 Å². The molecule has 1 aromatic heterocycles. The number of rotatable bonds is 0. The van der Waals surface area contributed by atoms with E-state index in [0.29, 0.717) is 6.42 Å². The van der Waals surface area contributed by atoms with E-state index in [-0.39, 0.29) is 0 Å². The quantitative estimate of drug-likeness (QED) is 0.590. The SMILES string of the molecule is N#CC1=CC=c2ncc3c(c2C1)N=CN=3. The van der Waals surface area contributed by atoms with E-state index in [4.69, 9.17) is 5.26 Å². The van der Waals surface area contributed by atoms with E-state index < -0.39 is 0 Å². The summed E-state index contributed by atoms with van der Waals surface area (Å²) in [4.78, 5) is 12.6. The van der Waals surface area contributed by atoms with Crippen LogP contribution in [0.15, 0.2) is 27.8 Å². The summed E-state index contributed by atoms with van der Waals surface area (Å²) < 4.78 is 0. The number of aliphatic imine (C=N–C) groups is 1. The predicted molar refractivity (Wildman–Crippen MR) is 55.0 cm³/mol. The smallest absolute Gasteiger partial charge is 0.116 e. The van der Waals surface area contributed by atoms with Gasteiger partial charge in [-0.2, -0.15) is 5.26 Å². The monoisotopic (exact) mass is 194 g/mol. The fourth-order valence-electron chi connectivity index (χ4n) is 1.76. The lowest BCUT2D eigenvalue weighted by Gasteiger charge is -2.07. The van der Waals surface area contributed by atoms with Crippen LogP contribution in [-0.4, -0.2) is 11.3 Å². The summed E-state index contributed by atoms with van der Waals surface area (Å²) in [5, 5.41) is 10.5. The highest BCUT2D eigenvalue weighted by atomic mass is 14.9. The lowest BCUT2D eigenvalue weighted by Crippen LogP contribution is -2.21. The van der Waals surface area contributed by atoms with Gasteiger partial charge in [-0.1, -0.05) is 0 Å². The fourth-order valence-corrected chi connectivity index (χ4v) is 1.76. The molecule has 1 aliphatic carbocycles. The number of pyridine rings is 1. The van der Waals surface area contributed by atoms with Crippen molar-refractivity contribution in [2.45, 2.75) is 6.42 Å². The summed E-state index contributed by atoms with van der Waals surface area (Å²) in [6.07, 6.45) is 7.49. The largest absolute Gasteiger partial charge is 0.254 e. The van der Waals surface area contributed by atoms with Crippen LogP contribution in [0.1, 0.15) is 5.56 Å². The molecule has 1 aliphatic heterocycles. The zero-order chi connectivity index (χ0) is 10.3. The second kappa shape index (κ2) is 2.85. The van der Waals surface area contributed by atoms with Gasteiger partial charge in [0.1, 0.15) is 11.7 Å². The summed E-state index contributed by atoms with van der Waals surface area (Å²) >= 11 is 0. The summed E-state index contributed by atoms with van der Waals surface area (Å²) in [6.45, 7) is 0. The molecule has 0 atom stereocenters. The molecule has 4 heteroatoms. The highest BCUT2D eigenvalue weighted by Gasteiger charge is 2.13. The zero-order valence-corrected chi connectivity index (χ0v) is 7.81. The molecule has 1 aromatic rings. The van der Waals surface area contributed by atoms with Crippen LogP contribution in [0.2, 0.25) is 0 Å². The third-order valence-electron chi connectivity index (χ3n) is 2.50. The van der Waals surface area contributed by atoms with Gasteiger partial charge in [-0.15, -0.1) is 0 Å². The van der Waals surface area contributed by atoms with Gasteiger partial charge < -0.3 is 0 Å². The van der Waals surface area contributed by atoms with E-state index in [0.717, 1.165) is 27.5 Å². The van der Waals surface area contributed by atoms with Crippen LogP contribution in [0, 0.1) is 11.3 Å². The van der Waals surface area contributed by atoms with Crippen LogP contribution in [-0.2, 0) is 6.42 Å². The molecule has 2 heterocycles. The summed E-state index contributed by atoms with van der Waals surface area (Å²) in [6, 6.07) is 2.16. The first-order valence-corrected chi connectivity index (χ1v) is 4.58. The Morgan fingerprint density at radius 1 is 1.33 bits per heavy atom. The number of hydrogen-bond acceptors (Lipinski definition) is 4. The highest BCUT2D eigenvalue weighted by Crippen LogP contribution is 2.17. The molecule has 0 bridgehead atoms. The number of nitrogens with zero attached hydrogens (tertiary/aromatic N) is 4. The number of allylic oxidation sites excluding steroid dienone is 2. The molecule has 0 saturated carbocycles. The van der Waals surface area contributed by atoms with Crippen LogP contribution in [0.5, 0.6) is 0 Å². The number of nitriles is 1. The molecular formula is C11H6N4. The first kappa shape index (κ1) is 8.06. The van der Waals surface area contributed by atoms with E-state index in [1.807, 2.05) is 6.08 Å². The Balaban J connectivity index is 2.33. The molecule has 15 heavy (non-hydrogen) atoms. The van der Waals surface area contributed by atoms with Crippen molar-refractivity contribution >= 4 is 18.1 Å². The Labute approximate surface area is 85.6 Å². The Hall–Kier alpha value is -2.28. The van der Waals surface area contributed by atoms with Crippen molar-refractivity contribution < 1.29 is 0 Å². The number of aromatic nitrogens is 1. The van der Waals surface area contributed by atoms with Gasteiger partial charge in [-0.25, -0.2) is 9.98 Å². The minimum absolute atomic E-state index is 0.603. The molecule has 0 N–H and O–H groups in total. The first-order chi connectivity index (χ1) is 7.38. The van der Waals surface area contributed by atoms with Crippen molar-refractivity contribution in [2.75, 3.05) is 0 Å². The van der Waals surface area contributed by atoms with Crippen molar-refractivity contribution in [3.05, 3.63) is 34.1 Å². The minimum atomic E-state index is 0.603. The topological polar surface area (TPSA) is 61.4 Å². The van der Waals surface area contributed by atoms with Gasteiger partial charge in [0, 0.05) is 17.6 Å². The normalized spacial score (nSPS) is 15.5. The molecule has 70 valence electrons. The molecule has 0 radical (unpaired) electrons. The molecule has 0 fully saturated rings. The third-order valence-corrected chi connectivity index (χ3v) is 2.50. The second-order valence-electron chi connectivity index (χ2n) is 3.38. The number of fused-ring (bicyclic) bond motifs is 3. The maximum Gasteiger partial charge on any atom is 0.116 e. The van der Waals surface area contributed by atoms with E-state index >= 15 is 0 Å². The van der Waals surface area contributed by atoms with Gasteiger partial charge in [0.15, 0.2) is 0 Å². The minimum Gasteiger partial charge on any atom is -0.254 e. The van der Waals surface area contributed by atoms with Crippen molar-refractivity contribution in [1.29, 1.82) is 5.26 Å². The van der Waals surface area contributed by atoms with E-state index in [9.17, 15) is 0 Å². The average Bonchev–Trinajstić information content (AvgIpc) is 2.76. The Bertz CT molecular complexity index is 659.